The second-order valence-corrected chi connectivity index (χ2v) is 4.95. The molecule has 1 heterocycles. The maximum absolute atomic E-state index is 5.70. The molecule has 2 unspecified atom stereocenters. The molecule has 0 amide bonds. The predicted octanol–water partition coefficient (Wildman–Crippen LogP) is 3.36. The lowest BCUT2D eigenvalue weighted by Gasteiger charge is -2.27. The van der Waals surface area contributed by atoms with Crippen molar-refractivity contribution >= 4 is 0 Å². The zero-order chi connectivity index (χ0) is 11.8. The topological polar surface area (TPSA) is 21.3 Å². The van der Waals surface area contributed by atoms with E-state index in [1.165, 1.54) is 38.5 Å². The first kappa shape index (κ1) is 14.0. The lowest BCUT2D eigenvalue weighted by atomic mass is 9.90. The molecule has 2 nitrogen and oxygen atoms in total. The van der Waals surface area contributed by atoms with Gasteiger partial charge in [-0.25, -0.2) is 0 Å². The van der Waals surface area contributed by atoms with Gasteiger partial charge in [0.1, 0.15) is 0 Å². The van der Waals surface area contributed by atoms with Gasteiger partial charge in [-0.2, -0.15) is 0 Å². The van der Waals surface area contributed by atoms with Crippen LogP contribution in [-0.2, 0) is 4.74 Å². The molecule has 2 atom stereocenters. The lowest BCUT2D eigenvalue weighted by molar-refractivity contribution is 0.0968. The second-order valence-electron chi connectivity index (χ2n) is 4.95. The van der Waals surface area contributed by atoms with Crippen molar-refractivity contribution in [3.05, 3.63) is 0 Å². The summed E-state index contributed by atoms with van der Waals surface area (Å²) in [5.74, 6) is 0.835. The maximum atomic E-state index is 5.70. The fraction of sp³-hybridized carbons (Fsp3) is 1.00. The normalized spacial score (nSPS) is 22.9. The molecule has 0 spiro atoms. The molecule has 0 aromatic rings. The van der Waals surface area contributed by atoms with E-state index in [1.54, 1.807) is 0 Å². The van der Waals surface area contributed by atoms with E-state index in [2.05, 4.69) is 26.1 Å². The highest BCUT2D eigenvalue weighted by Crippen LogP contribution is 2.22. The molecular formula is C14H29NO. The zero-order valence-electron chi connectivity index (χ0n) is 11.3. The van der Waals surface area contributed by atoms with Crippen LogP contribution in [0.25, 0.3) is 0 Å². The van der Waals surface area contributed by atoms with Crippen LogP contribution in [0.2, 0.25) is 0 Å². The molecule has 1 aliphatic heterocycles. The highest BCUT2D eigenvalue weighted by Gasteiger charge is 2.21. The summed E-state index contributed by atoms with van der Waals surface area (Å²) < 4.78 is 5.70. The van der Waals surface area contributed by atoms with E-state index in [0.29, 0.717) is 12.1 Å². The fourth-order valence-corrected chi connectivity index (χ4v) is 2.86. The van der Waals surface area contributed by atoms with Crippen LogP contribution in [0.1, 0.15) is 59.3 Å². The van der Waals surface area contributed by atoms with E-state index in [4.69, 9.17) is 4.74 Å². The smallest absolute Gasteiger partial charge is 0.0576 e. The van der Waals surface area contributed by atoms with E-state index in [0.717, 1.165) is 19.1 Å². The molecule has 0 bridgehead atoms. The standard InChI is InChI=1S/C14H29NO/c1-4-12(5-2)14(15-6-3)10-9-13-8-7-11-16-13/h12-15H,4-11H2,1-3H3. The van der Waals surface area contributed by atoms with E-state index in [-0.39, 0.29) is 0 Å². The molecule has 0 aromatic heterocycles. The van der Waals surface area contributed by atoms with Gasteiger partial charge in [-0.3, -0.25) is 0 Å². The summed E-state index contributed by atoms with van der Waals surface area (Å²) in [6.45, 7) is 8.91. The molecule has 2 heteroatoms. The first-order valence-corrected chi connectivity index (χ1v) is 7.16. The number of hydrogen-bond acceptors (Lipinski definition) is 2. The van der Waals surface area contributed by atoms with Crippen LogP contribution in [0, 0.1) is 5.92 Å². The summed E-state index contributed by atoms with van der Waals surface area (Å²) in [7, 11) is 0. The maximum Gasteiger partial charge on any atom is 0.0576 e. The Balaban J connectivity index is 2.30. The van der Waals surface area contributed by atoms with Gasteiger partial charge >= 0.3 is 0 Å². The molecule has 16 heavy (non-hydrogen) atoms. The van der Waals surface area contributed by atoms with Crippen LogP contribution >= 0.6 is 0 Å². The summed E-state index contributed by atoms with van der Waals surface area (Å²) in [6, 6.07) is 0.698. The minimum atomic E-state index is 0.551. The van der Waals surface area contributed by atoms with Gasteiger partial charge in [0.25, 0.3) is 0 Å². The van der Waals surface area contributed by atoms with E-state index >= 15 is 0 Å². The third-order valence-corrected chi connectivity index (χ3v) is 3.91. The monoisotopic (exact) mass is 227 g/mol. The summed E-state index contributed by atoms with van der Waals surface area (Å²) in [4.78, 5) is 0. The molecular weight excluding hydrogens is 198 g/mol. The zero-order valence-corrected chi connectivity index (χ0v) is 11.3. The van der Waals surface area contributed by atoms with Crippen LogP contribution in [0.4, 0.5) is 0 Å². The molecule has 1 N–H and O–H groups in total. The van der Waals surface area contributed by atoms with Crippen molar-refractivity contribution in [2.45, 2.75) is 71.4 Å². The van der Waals surface area contributed by atoms with Gasteiger partial charge in [-0.05, 0) is 38.1 Å². The first-order chi connectivity index (χ1) is 7.81. The van der Waals surface area contributed by atoms with Crippen molar-refractivity contribution in [2.75, 3.05) is 13.2 Å². The Morgan fingerprint density at radius 1 is 1.25 bits per heavy atom. The summed E-state index contributed by atoms with van der Waals surface area (Å²) in [6.07, 6.45) is 8.21. The third-order valence-electron chi connectivity index (χ3n) is 3.91. The molecule has 1 saturated heterocycles. The summed E-state index contributed by atoms with van der Waals surface area (Å²) in [5.41, 5.74) is 0. The van der Waals surface area contributed by atoms with Crippen molar-refractivity contribution < 1.29 is 4.74 Å². The Morgan fingerprint density at radius 3 is 2.50 bits per heavy atom. The summed E-state index contributed by atoms with van der Waals surface area (Å²) in [5, 5.41) is 3.65. The third kappa shape index (κ3) is 4.42. The van der Waals surface area contributed by atoms with Crippen LogP contribution in [-0.4, -0.2) is 25.3 Å². The van der Waals surface area contributed by atoms with Crippen molar-refractivity contribution in [1.82, 2.24) is 5.32 Å². The Hall–Kier alpha value is -0.0800. The molecule has 0 aliphatic carbocycles. The van der Waals surface area contributed by atoms with Crippen LogP contribution in [0.5, 0.6) is 0 Å². The predicted molar refractivity (Wildman–Crippen MR) is 69.7 cm³/mol. The molecule has 1 fully saturated rings. The minimum Gasteiger partial charge on any atom is -0.378 e. The van der Waals surface area contributed by atoms with Gasteiger partial charge in [0.2, 0.25) is 0 Å². The molecule has 0 saturated carbocycles. The van der Waals surface area contributed by atoms with E-state index in [1.807, 2.05) is 0 Å². The SMILES string of the molecule is CCNC(CCC1CCCO1)C(CC)CC. The number of nitrogens with one attached hydrogen (secondary N) is 1. The number of rotatable bonds is 8. The highest BCUT2D eigenvalue weighted by atomic mass is 16.5. The number of ether oxygens (including phenoxy) is 1. The van der Waals surface area contributed by atoms with Crippen molar-refractivity contribution in [1.29, 1.82) is 0 Å². The Labute approximate surface area is 101 Å². The van der Waals surface area contributed by atoms with Gasteiger partial charge in [0.15, 0.2) is 0 Å². The lowest BCUT2D eigenvalue weighted by Crippen LogP contribution is -2.36. The van der Waals surface area contributed by atoms with Crippen molar-refractivity contribution in [2.24, 2.45) is 5.92 Å². The quantitative estimate of drug-likeness (QED) is 0.686. The van der Waals surface area contributed by atoms with Gasteiger partial charge in [0, 0.05) is 12.6 Å². The molecule has 96 valence electrons. The number of hydrogen-bond donors (Lipinski definition) is 1. The molecule has 0 aromatic carbocycles. The van der Waals surface area contributed by atoms with Crippen LogP contribution in [0.3, 0.4) is 0 Å². The molecule has 1 aliphatic rings. The van der Waals surface area contributed by atoms with Crippen LogP contribution in [0.15, 0.2) is 0 Å². The first-order valence-electron chi connectivity index (χ1n) is 7.16. The Kier molecular flexibility index (Phi) is 7.06. The average Bonchev–Trinajstić information content (AvgIpc) is 2.80. The van der Waals surface area contributed by atoms with Gasteiger partial charge in [-0.15, -0.1) is 0 Å². The van der Waals surface area contributed by atoms with Gasteiger partial charge in [-0.1, -0.05) is 33.6 Å². The summed E-state index contributed by atoms with van der Waals surface area (Å²) >= 11 is 0. The van der Waals surface area contributed by atoms with Crippen molar-refractivity contribution in [3.63, 3.8) is 0 Å². The highest BCUT2D eigenvalue weighted by molar-refractivity contribution is 4.77. The molecule has 0 radical (unpaired) electrons. The van der Waals surface area contributed by atoms with Gasteiger partial charge < -0.3 is 10.1 Å². The second kappa shape index (κ2) is 8.08. The largest absolute Gasteiger partial charge is 0.378 e. The Morgan fingerprint density at radius 2 is 2.00 bits per heavy atom. The van der Waals surface area contributed by atoms with Crippen molar-refractivity contribution in [3.8, 4) is 0 Å². The van der Waals surface area contributed by atoms with E-state index < -0.39 is 0 Å². The fourth-order valence-electron chi connectivity index (χ4n) is 2.86. The van der Waals surface area contributed by atoms with Crippen LogP contribution < -0.4 is 5.32 Å². The molecule has 1 rings (SSSR count). The minimum absolute atomic E-state index is 0.551. The van der Waals surface area contributed by atoms with Gasteiger partial charge in [0.05, 0.1) is 6.10 Å². The Bertz CT molecular complexity index is 162. The average molecular weight is 227 g/mol. The van der Waals surface area contributed by atoms with E-state index in [9.17, 15) is 0 Å².